The van der Waals surface area contributed by atoms with Gasteiger partial charge in [0.1, 0.15) is 11.6 Å². The number of rotatable bonds is 4. The molecule has 3 rings (SSSR count). The Kier molecular flexibility index (Phi) is 6.23. The number of carbonyl (C=O) groups is 1. The summed E-state index contributed by atoms with van der Waals surface area (Å²) >= 11 is 2.23. The highest BCUT2D eigenvalue weighted by molar-refractivity contribution is 14.1. The Bertz CT molecular complexity index is 869. The summed E-state index contributed by atoms with van der Waals surface area (Å²) in [5.74, 6) is 0.622. The lowest BCUT2D eigenvalue weighted by molar-refractivity contribution is -0.117. The first-order valence-electron chi connectivity index (χ1n) is 8.74. The molecular formula is C19H21IN6O. The SMILES string of the molecule is Cc1nnc(N2CCN(CC(=O)Nc3ccc(I)cc3)CC2)c(C#N)c1C. The van der Waals surface area contributed by atoms with Crippen LogP contribution in [0.25, 0.3) is 0 Å². The van der Waals surface area contributed by atoms with E-state index in [1.54, 1.807) is 0 Å². The highest BCUT2D eigenvalue weighted by Gasteiger charge is 2.23. The monoisotopic (exact) mass is 476 g/mol. The smallest absolute Gasteiger partial charge is 0.238 e. The minimum absolute atomic E-state index is 0.0201. The van der Waals surface area contributed by atoms with Gasteiger partial charge in [-0.1, -0.05) is 0 Å². The van der Waals surface area contributed by atoms with Crippen molar-refractivity contribution in [3.8, 4) is 6.07 Å². The molecule has 27 heavy (non-hydrogen) atoms. The topological polar surface area (TPSA) is 85.2 Å². The molecule has 0 radical (unpaired) electrons. The molecule has 2 heterocycles. The fraction of sp³-hybridized carbons (Fsp3) is 0.368. The van der Waals surface area contributed by atoms with Gasteiger partial charge in [0.15, 0.2) is 5.82 Å². The van der Waals surface area contributed by atoms with Gasteiger partial charge >= 0.3 is 0 Å². The Hall–Kier alpha value is -2.25. The van der Waals surface area contributed by atoms with E-state index in [2.05, 4.69) is 54.0 Å². The normalized spacial score (nSPS) is 14.7. The van der Waals surface area contributed by atoms with Crippen LogP contribution in [0.15, 0.2) is 24.3 Å². The van der Waals surface area contributed by atoms with E-state index in [0.717, 1.165) is 33.6 Å². The fourth-order valence-electron chi connectivity index (χ4n) is 3.01. The summed E-state index contributed by atoms with van der Waals surface area (Å²) in [5, 5.41) is 20.8. The lowest BCUT2D eigenvalue weighted by atomic mass is 10.1. The number of anilines is 2. The number of nitrogens with zero attached hydrogens (tertiary/aromatic N) is 5. The molecule has 0 aliphatic carbocycles. The number of benzene rings is 1. The van der Waals surface area contributed by atoms with Gasteiger partial charge in [-0.3, -0.25) is 9.69 Å². The number of hydrogen-bond acceptors (Lipinski definition) is 6. The van der Waals surface area contributed by atoms with Crippen molar-refractivity contribution in [3.63, 3.8) is 0 Å². The van der Waals surface area contributed by atoms with Crippen molar-refractivity contribution < 1.29 is 4.79 Å². The molecule has 1 saturated heterocycles. The van der Waals surface area contributed by atoms with Crippen LogP contribution in [0.5, 0.6) is 0 Å². The first-order valence-corrected chi connectivity index (χ1v) is 9.82. The van der Waals surface area contributed by atoms with Crippen LogP contribution in [-0.2, 0) is 4.79 Å². The van der Waals surface area contributed by atoms with E-state index in [-0.39, 0.29) is 5.91 Å². The summed E-state index contributed by atoms with van der Waals surface area (Å²) in [6, 6.07) is 9.99. The van der Waals surface area contributed by atoms with Crippen LogP contribution in [0.4, 0.5) is 11.5 Å². The summed E-state index contributed by atoms with van der Waals surface area (Å²) in [6.45, 7) is 7.00. The number of amides is 1. The molecule has 1 N–H and O–H groups in total. The number of carbonyl (C=O) groups excluding carboxylic acids is 1. The Labute approximate surface area is 172 Å². The number of aromatic nitrogens is 2. The van der Waals surface area contributed by atoms with Crippen LogP contribution in [0, 0.1) is 28.7 Å². The molecule has 1 amide bonds. The second-order valence-electron chi connectivity index (χ2n) is 6.54. The van der Waals surface area contributed by atoms with Crippen molar-refractivity contribution in [2.45, 2.75) is 13.8 Å². The van der Waals surface area contributed by atoms with Crippen molar-refractivity contribution in [2.24, 2.45) is 0 Å². The molecule has 0 atom stereocenters. The summed E-state index contributed by atoms with van der Waals surface area (Å²) in [4.78, 5) is 16.5. The van der Waals surface area contributed by atoms with Crippen LogP contribution in [0.3, 0.4) is 0 Å². The third kappa shape index (κ3) is 4.73. The molecule has 2 aromatic rings. The van der Waals surface area contributed by atoms with Gasteiger partial charge in [0.05, 0.1) is 12.2 Å². The molecule has 1 fully saturated rings. The van der Waals surface area contributed by atoms with Crippen molar-refractivity contribution in [3.05, 3.63) is 44.7 Å². The van der Waals surface area contributed by atoms with Crippen molar-refractivity contribution in [2.75, 3.05) is 42.9 Å². The van der Waals surface area contributed by atoms with Crippen LogP contribution < -0.4 is 10.2 Å². The van der Waals surface area contributed by atoms with Crippen LogP contribution >= 0.6 is 22.6 Å². The molecule has 0 bridgehead atoms. The van der Waals surface area contributed by atoms with E-state index in [9.17, 15) is 10.1 Å². The average Bonchev–Trinajstić information content (AvgIpc) is 2.66. The largest absolute Gasteiger partial charge is 0.351 e. The molecule has 7 nitrogen and oxygen atoms in total. The van der Waals surface area contributed by atoms with Crippen molar-refractivity contribution in [1.82, 2.24) is 15.1 Å². The van der Waals surface area contributed by atoms with Crippen molar-refractivity contribution >= 4 is 40.0 Å². The third-order valence-corrected chi connectivity index (χ3v) is 5.43. The highest BCUT2D eigenvalue weighted by atomic mass is 127. The Morgan fingerprint density at radius 1 is 1.19 bits per heavy atom. The van der Waals surface area contributed by atoms with E-state index < -0.39 is 0 Å². The zero-order chi connectivity index (χ0) is 19.4. The molecule has 0 saturated carbocycles. The van der Waals surface area contributed by atoms with Gasteiger partial charge in [-0.25, -0.2) is 0 Å². The van der Waals surface area contributed by atoms with Gasteiger partial charge in [-0.05, 0) is 66.3 Å². The fourth-order valence-corrected chi connectivity index (χ4v) is 3.37. The van der Waals surface area contributed by atoms with E-state index in [1.807, 2.05) is 38.1 Å². The molecule has 1 aliphatic rings. The van der Waals surface area contributed by atoms with Gasteiger partial charge in [-0.2, -0.15) is 10.4 Å². The van der Waals surface area contributed by atoms with E-state index in [1.165, 1.54) is 0 Å². The quantitative estimate of drug-likeness (QED) is 0.683. The zero-order valence-electron chi connectivity index (χ0n) is 15.4. The third-order valence-electron chi connectivity index (χ3n) is 4.71. The lowest BCUT2D eigenvalue weighted by Crippen LogP contribution is -2.49. The number of nitrogens with one attached hydrogen (secondary N) is 1. The maximum atomic E-state index is 12.3. The minimum Gasteiger partial charge on any atom is -0.351 e. The van der Waals surface area contributed by atoms with Gasteiger partial charge in [0, 0.05) is 35.4 Å². The van der Waals surface area contributed by atoms with Gasteiger partial charge < -0.3 is 10.2 Å². The maximum absolute atomic E-state index is 12.3. The second-order valence-corrected chi connectivity index (χ2v) is 7.78. The van der Waals surface area contributed by atoms with Gasteiger partial charge in [0.2, 0.25) is 5.91 Å². The summed E-state index contributed by atoms with van der Waals surface area (Å²) in [5.41, 5.74) is 3.05. The Morgan fingerprint density at radius 2 is 1.85 bits per heavy atom. The van der Waals surface area contributed by atoms with Crippen LogP contribution in [-0.4, -0.2) is 53.7 Å². The zero-order valence-corrected chi connectivity index (χ0v) is 17.5. The lowest BCUT2D eigenvalue weighted by Gasteiger charge is -2.35. The standard InChI is InChI=1S/C19H21IN6O/c1-13-14(2)23-24-19(17(13)11-21)26-9-7-25(8-10-26)12-18(27)22-16-5-3-15(20)4-6-16/h3-6H,7-10,12H2,1-2H3,(H,22,27). The highest BCUT2D eigenvalue weighted by Crippen LogP contribution is 2.22. The Balaban J connectivity index is 1.56. The molecule has 8 heteroatoms. The number of nitriles is 1. The van der Waals surface area contributed by atoms with Gasteiger partial charge in [0.25, 0.3) is 0 Å². The predicted octanol–water partition coefficient (Wildman–Crippen LogP) is 2.33. The molecule has 1 aromatic heterocycles. The van der Waals surface area contributed by atoms with E-state index in [4.69, 9.17) is 0 Å². The molecule has 1 aromatic carbocycles. The van der Waals surface area contributed by atoms with Crippen LogP contribution in [0.2, 0.25) is 0 Å². The summed E-state index contributed by atoms with van der Waals surface area (Å²) in [7, 11) is 0. The van der Waals surface area contributed by atoms with Gasteiger partial charge in [-0.15, -0.1) is 5.10 Å². The predicted molar refractivity (Wildman–Crippen MR) is 113 cm³/mol. The molecule has 0 unspecified atom stereocenters. The molecule has 1 aliphatic heterocycles. The van der Waals surface area contributed by atoms with E-state index >= 15 is 0 Å². The number of piperazine rings is 1. The first-order chi connectivity index (χ1) is 13.0. The average molecular weight is 476 g/mol. The first kappa shape index (κ1) is 19.5. The second kappa shape index (κ2) is 8.63. The van der Waals surface area contributed by atoms with E-state index in [0.29, 0.717) is 31.0 Å². The van der Waals surface area contributed by atoms with Crippen molar-refractivity contribution in [1.29, 1.82) is 5.26 Å². The summed E-state index contributed by atoms with van der Waals surface area (Å²) in [6.07, 6.45) is 0. The number of hydrogen-bond donors (Lipinski definition) is 1. The number of halogens is 1. The van der Waals surface area contributed by atoms with Crippen LogP contribution in [0.1, 0.15) is 16.8 Å². The molecular weight excluding hydrogens is 455 g/mol. The molecule has 0 spiro atoms. The Morgan fingerprint density at radius 3 is 2.48 bits per heavy atom. The maximum Gasteiger partial charge on any atom is 0.238 e. The summed E-state index contributed by atoms with van der Waals surface area (Å²) < 4.78 is 1.13. The molecule has 140 valence electrons. The minimum atomic E-state index is -0.0201. The number of aryl methyl sites for hydroxylation is 1.